The summed E-state index contributed by atoms with van der Waals surface area (Å²) in [6.07, 6.45) is 0. The number of ether oxygens (including phenoxy) is 2. The van der Waals surface area contributed by atoms with Gasteiger partial charge in [-0.1, -0.05) is 0 Å². The number of H-pyrrole nitrogens is 1. The van der Waals surface area contributed by atoms with Gasteiger partial charge in [-0.25, -0.2) is 4.98 Å². The van der Waals surface area contributed by atoms with Crippen molar-refractivity contribution >= 4 is 11.0 Å². The van der Waals surface area contributed by atoms with Crippen LogP contribution in [-0.2, 0) is 0 Å². The van der Waals surface area contributed by atoms with Gasteiger partial charge in [-0.3, -0.25) is 4.90 Å². The number of piperazine rings is 1. The first-order valence-corrected chi connectivity index (χ1v) is 7.55. The maximum Gasteiger partial charge on any atom is 0.163 e. The molecule has 1 atom stereocenters. The number of aromatic nitrogens is 2. The quantitative estimate of drug-likeness (QED) is 0.872. The molecule has 2 aliphatic rings. The Labute approximate surface area is 123 Å². The third-order valence-electron chi connectivity index (χ3n) is 4.26. The van der Waals surface area contributed by atoms with Crippen molar-refractivity contribution in [2.75, 3.05) is 39.4 Å². The second kappa shape index (κ2) is 5.20. The van der Waals surface area contributed by atoms with E-state index in [9.17, 15) is 0 Å². The Balaban J connectivity index is 1.66. The predicted molar refractivity (Wildman–Crippen MR) is 79.9 cm³/mol. The molecule has 6 heteroatoms. The predicted octanol–water partition coefficient (Wildman–Crippen LogP) is 1.30. The standard InChI is InChI=1S/C15H20N4O2/c1-10(19-4-2-16-3-5-19)15-17-11-8-13-14(9-12(11)18-15)21-7-6-20-13/h8-10,16H,2-7H2,1H3,(H,17,18). The van der Waals surface area contributed by atoms with Gasteiger partial charge in [0.15, 0.2) is 11.5 Å². The van der Waals surface area contributed by atoms with Crippen LogP contribution in [0.4, 0.5) is 0 Å². The zero-order chi connectivity index (χ0) is 14.2. The van der Waals surface area contributed by atoms with Gasteiger partial charge >= 0.3 is 0 Å². The molecule has 2 aromatic rings. The van der Waals surface area contributed by atoms with E-state index in [1.54, 1.807) is 0 Å². The molecule has 0 radical (unpaired) electrons. The zero-order valence-corrected chi connectivity index (χ0v) is 12.2. The summed E-state index contributed by atoms with van der Waals surface area (Å²) < 4.78 is 11.2. The molecule has 21 heavy (non-hydrogen) atoms. The number of benzene rings is 1. The van der Waals surface area contributed by atoms with Crippen LogP contribution in [0.25, 0.3) is 11.0 Å². The van der Waals surface area contributed by atoms with Gasteiger partial charge in [0, 0.05) is 38.3 Å². The zero-order valence-electron chi connectivity index (χ0n) is 12.2. The minimum Gasteiger partial charge on any atom is -0.486 e. The Morgan fingerprint density at radius 1 is 1.14 bits per heavy atom. The van der Waals surface area contributed by atoms with Crippen molar-refractivity contribution in [1.82, 2.24) is 20.2 Å². The molecule has 0 spiro atoms. The maximum atomic E-state index is 5.63. The van der Waals surface area contributed by atoms with Crippen molar-refractivity contribution in [2.45, 2.75) is 13.0 Å². The van der Waals surface area contributed by atoms with E-state index in [1.807, 2.05) is 12.1 Å². The number of nitrogens with zero attached hydrogens (tertiary/aromatic N) is 2. The van der Waals surface area contributed by atoms with Gasteiger partial charge in [0.25, 0.3) is 0 Å². The molecule has 0 aliphatic carbocycles. The average Bonchev–Trinajstić information content (AvgIpc) is 2.95. The van der Waals surface area contributed by atoms with Crippen LogP contribution in [0, 0.1) is 0 Å². The van der Waals surface area contributed by atoms with Crippen molar-refractivity contribution in [1.29, 1.82) is 0 Å². The summed E-state index contributed by atoms with van der Waals surface area (Å²) in [5, 5.41) is 3.38. The highest BCUT2D eigenvalue weighted by atomic mass is 16.6. The minimum absolute atomic E-state index is 0.290. The van der Waals surface area contributed by atoms with E-state index in [-0.39, 0.29) is 0 Å². The highest BCUT2D eigenvalue weighted by Gasteiger charge is 2.22. The van der Waals surface area contributed by atoms with Crippen molar-refractivity contribution in [3.05, 3.63) is 18.0 Å². The van der Waals surface area contributed by atoms with Gasteiger partial charge in [-0.2, -0.15) is 0 Å². The topological polar surface area (TPSA) is 62.4 Å². The first-order chi connectivity index (χ1) is 10.3. The number of aromatic amines is 1. The van der Waals surface area contributed by atoms with E-state index in [1.165, 1.54) is 0 Å². The Hall–Kier alpha value is -1.79. The van der Waals surface area contributed by atoms with E-state index in [2.05, 4.69) is 22.1 Å². The summed E-state index contributed by atoms with van der Waals surface area (Å²) >= 11 is 0. The highest BCUT2D eigenvalue weighted by Crippen LogP contribution is 2.34. The lowest BCUT2D eigenvalue weighted by molar-refractivity contribution is 0.172. The lowest BCUT2D eigenvalue weighted by Crippen LogP contribution is -2.44. The van der Waals surface area contributed by atoms with Gasteiger partial charge in [-0.15, -0.1) is 0 Å². The SMILES string of the molecule is CC(c1nc2cc3c(cc2[nH]1)OCCO3)N1CCNCC1. The molecule has 2 aliphatic heterocycles. The minimum atomic E-state index is 0.290. The third-order valence-corrected chi connectivity index (χ3v) is 4.26. The number of nitrogens with one attached hydrogen (secondary N) is 2. The lowest BCUT2D eigenvalue weighted by atomic mass is 10.2. The van der Waals surface area contributed by atoms with E-state index in [4.69, 9.17) is 14.5 Å². The fraction of sp³-hybridized carbons (Fsp3) is 0.533. The van der Waals surface area contributed by atoms with Crippen LogP contribution in [0.1, 0.15) is 18.8 Å². The number of imidazole rings is 1. The van der Waals surface area contributed by atoms with Gasteiger partial charge in [0.2, 0.25) is 0 Å². The van der Waals surface area contributed by atoms with Crippen molar-refractivity contribution in [3.8, 4) is 11.5 Å². The molecule has 1 aromatic heterocycles. The van der Waals surface area contributed by atoms with Crippen LogP contribution in [0.3, 0.4) is 0 Å². The maximum absolute atomic E-state index is 5.63. The molecule has 0 saturated carbocycles. The van der Waals surface area contributed by atoms with Crippen LogP contribution in [0.2, 0.25) is 0 Å². The van der Waals surface area contributed by atoms with Crippen LogP contribution in [0.15, 0.2) is 12.1 Å². The number of rotatable bonds is 2. The molecule has 6 nitrogen and oxygen atoms in total. The molecule has 0 amide bonds. The molecular weight excluding hydrogens is 268 g/mol. The van der Waals surface area contributed by atoms with Crippen LogP contribution >= 0.6 is 0 Å². The van der Waals surface area contributed by atoms with Crippen LogP contribution in [0.5, 0.6) is 11.5 Å². The molecule has 1 unspecified atom stereocenters. The van der Waals surface area contributed by atoms with Crippen molar-refractivity contribution < 1.29 is 9.47 Å². The number of hydrogen-bond donors (Lipinski definition) is 2. The molecule has 4 rings (SSSR count). The molecule has 1 aromatic carbocycles. The average molecular weight is 288 g/mol. The molecule has 112 valence electrons. The molecule has 2 N–H and O–H groups in total. The molecule has 1 saturated heterocycles. The first-order valence-electron chi connectivity index (χ1n) is 7.55. The smallest absolute Gasteiger partial charge is 0.163 e. The molecular formula is C15H20N4O2. The second-order valence-electron chi connectivity index (χ2n) is 5.60. The van der Waals surface area contributed by atoms with Crippen LogP contribution in [-0.4, -0.2) is 54.3 Å². The summed E-state index contributed by atoms with van der Waals surface area (Å²) in [6.45, 7) is 7.61. The van der Waals surface area contributed by atoms with Gasteiger partial charge in [-0.05, 0) is 6.92 Å². The van der Waals surface area contributed by atoms with Gasteiger partial charge in [0.1, 0.15) is 19.0 Å². The van der Waals surface area contributed by atoms with Crippen LogP contribution < -0.4 is 14.8 Å². The molecule has 1 fully saturated rings. The number of hydrogen-bond acceptors (Lipinski definition) is 5. The highest BCUT2D eigenvalue weighted by molar-refractivity contribution is 5.80. The lowest BCUT2D eigenvalue weighted by Gasteiger charge is -2.31. The summed E-state index contributed by atoms with van der Waals surface area (Å²) in [7, 11) is 0. The molecule has 3 heterocycles. The Kier molecular flexibility index (Phi) is 3.20. The first kappa shape index (κ1) is 12.9. The fourth-order valence-corrected chi connectivity index (χ4v) is 3.01. The van der Waals surface area contributed by atoms with Crippen molar-refractivity contribution in [3.63, 3.8) is 0 Å². The largest absolute Gasteiger partial charge is 0.486 e. The van der Waals surface area contributed by atoms with E-state index >= 15 is 0 Å². The summed E-state index contributed by atoms with van der Waals surface area (Å²) in [6, 6.07) is 4.25. The second-order valence-corrected chi connectivity index (χ2v) is 5.60. The Morgan fingerprint density at radius 2 is 1.86 bits per heavy atom. The van der Waals surface area contributed by atoms with Gasteiger partial charge < -0.3 is 19.8 Å². The summed E-state index contributed by atoms with van der Waals surface area (Å²) in [5.74, 6) is 2.61. The van der Waals surface area contributed by atoms with E-state index in [0.29, 0.717) is 19.3 Å². The van der Waals surface area contributed by atoms with Gasteiger partial charge in [0.05, 0.1) is 17.1 Å². The fourth-order valence-electron chi connectivity index (χ4n) is 3.01. The monoisotopic (exact) mass is 288 g/mol. The van der Waals surface area contributed by atoms with E-state index < -0.39 is 0 Å². The normalized spacial score (nSPS) is 20.6. The summed E-state index contributed by atoms with van der Waals surface area (Å²) in [4.78, 5) is 10.6. The Morgan fingerprint density at radius 3 is 2.62 bits per heavy atom. The third kappa shape index (κ3) is 2.34. The molecule has 0 bridgehead atoms. The van der Waals surface area contributed by atoms with E-state index in [0.717, 1.165) is 54.5 Å². The summed E-state index contributed by atoms with van der Waals surface area (Å²) in [5.41, 5.74) is 1.95. The Bertz CT molecular complexity index is 605. The van der Waals surface area contributed by atoms with Crippen molar-refractivity contribution in [2.24, 2.45) is 0 Å². The number of fused-ring (bicyclic) bond motifs is 2.